The van der Waals surface area contributed by atoms with Crippen molar-refractivity contribution in [3.8, 4) is 0 Å². The number of anilines is 1. The summed E-state index contributed by atoms with van der Waals surface area (Å²) in [5.74, 6) is -0.341. The minimum Gasteiger partial charge on any atom is -0.363 e. The molecule has 94 valence electrons. The van der Waals surface area contributed by atoms with E-state index >= 15 is 0 Å². The maximum absolute atomic E-state index is 13.8. The standard InChI is InChI=1S/C13H18F2N2/c1-9(2)13-8-16-5-6-17(13)12-7-10(14)3-4-11(12)15/h3-4,7,9,13,16H,5-6,8H2,1-2H3. The number of hydrogen-bond acceptors (Lipinski definition) is 2. The van der Waals surface area contributed by atoms with Crippen LogP contribution in [0.3, 0.4) is 0 Å². The van der Waals surface area contributed by atoms with Crippen LogP contribution in [0.5, 0.6) is 0 Å². The number of halogens is 2. The van der Waals surface area contributed by atoms with Crippen molar-refractivity contribution in [2.75, 3.05) is 24.5 Å². The molecule has 0 aliphatic carbocycles. The van der Waals surface area contributed by atoms with Gasteiger partial charge in [-0.2, -0.15) is 0 Å². The molecule has 1 fully saturated rings. The van der Waals surface area contributed by atoms with E-state index in [1.807, 2.05) is 4.90 Å². The summed E-state index contributed by atoms with van der Waals surface area (Å²) in [6.07, 6.45) is 0. The summed E-state index contributed by atoms with van der Waals surface area (Å²) in [6.45, 7) is 6.53. The van der Waals surface area contributed by atoms with Crippen LogP contribution in [-0.2, 0) is 0 Å². The molecule has 2 nitrogen and oxygen atoms in total. The van der Waals surface area contributed by atoms with Crippen LogP contribution >= 0.6 is 0 Å². The van der Waals surface area contributed by atoms with Gasteiger partial charge < -0.3 is 10.2 Å². The van der Waals surface area contributed by atoms with Gasteiger partial charge in [0.1, 0.15) is 11.6 Å². The third kappa shape index (κ3) is 2.57. The number of benzene rings is 1. The molecule has 1 atom stereocenters. The van der Waals surface area contributed by atoms with Gasteiger partial charge in [0.15, 0.2) is 0 Å². The topological polar surface area (TPSA) is 15.3 Å². The van der Waals surface area contributed by atoms with Gasteiger partial charge in [-0.1, -0.05) is 13.8 Å². The highest BCUT2D eigenvalue weighted by Gasteiger charge is 2.27. The molecule has 4 heteroatoms. The zero-order chi connectivity index (χ0) is 12.4. The highest BCUT2D eigenvalue weighted by molar-refractivity contribution is 5.49. The minimum absolute atomic E-state index is 0.208. The lowest BCUT2D eigenvalue weighted by Gasteiger charge is -2.40. The molecule has 17 heavy (non-hydrogen) atoms. The Kier molecular flexibility index (Phi) is 3.62. The molecule has 0 amide bonds. The van der Waals surface area contributed by atoms with Crippen molar-refractivity contribution < 1.29 is 8.78 Å². The predicted molar refractivity (Wildman–Crippen MR) is 65.2 cm³/mol. The fourth-order valence-electron chi connectivity index (χ4n) is 2.33. The lowest BCUT2D eigenvalue weighted by molar-refractivity contribution is 0.386. The first-order valence-electron chi connectivity index (χ1n) is 6.02. The SMILES string of the molecule is CC(C)C1CNCCN1c1cc(F)ccc1F. The van der Waals surface area contributed by atoms with Crippen LogP contribution < -0.4 is 10.2 Å². The molecule has 1 N–H and O–H groups in total. The van der Waals surface area contributed by atoms with Crippen molar-refractivity contribution in [1.29, 1.82) is 0 Å². The van der Waals surface area contributed by atoms with Gasteiger partial charge >= 0.3 is 0 Å². The van der Waals surface area contributed by atoms with Gasteiger partial charge in [0.25, 0.3) is 0 Å². The fourth-order valence-corrected chi connectivity index (χ4v) is 2.33. The second-order valence-electron chi connectivity index (χ2n) is 4.80. The van der Waals surface area contributed by atoms with Crippen molar-refractivity contribution in [3.63, 3.8) is 0 Å². The Morgan fingerprint density at radius 1 is 1.35 bits per heavy atom. The molecule has 0 spiro atoms. The van der Waals surface area contributed by atoms with Crippen LogP contribution in [-0.4, -0.2) is 25.7 Å². The summed E-state index contributed by atoms with van der Waals surface area (Å²) < 4.78 is 27.0. The Labute approximate surface area is 101 Å². The average Bonchev–Trinajstić information content (AvgIpc) is 2.32. The van der Waals surface area contributed by atoms with E-state index in [1.54, 1.807) is 0 Å². The van der Waals surface area contributed by atoms with E-state index in [0.29, 0.717) is 18.2 Å². The molecule has 2 rings (SSSR count). The smallest absolute Gasteiger partial charge is 0.146 e. The van der Waals surface area contributed by atoms with Crippen LogP contribution in [0.2, 0.25) is 0 Å². The summed E-state index contributed by atoms with van der Waals surface area (Å²) in [4.78, 5) is 1.97. The molecular formula is C13H18F2N2. The molecule has 0 bridgehead atoms. The molecule has 1 unspecified atom stereocenters. The molecule has 1 aromatic carbocycles. The second-order valence-corrected chi connectivity index (χ2v) is 4.80. The zero-order valence-corrected chi connectivity index (χ0v) is 10.2. The summed E-state index contributed by atoms with van der Waals surface area (Å²) >= 11 is 0. The van der Waals surface area contributed by atoms with E-state index in [1.165, 1.54) is 12.1 Å². The van der Waals surface area contributed by atoms with Crippen LogP contribution in [0, 0.1) is 17.6 Å². The van der Waals surface area contributed by atoms with Crippen LogP contribution in [0.1, 0.15) is 13.8 Å². The Balaban J connectivity index is 2.32. The van der Waals surface area contributed by atoms with E-state index in [2.05, 4.69) is 19.2 Å². The first-order valence-corrected chi connectivity index (χ1v) is 6.02. The van der Waals surface area contributed by atoms with Crippen molar-refractivity contribution >= 4 is 5.69 Å². The number of piperazine rings is 1. The van der Waals surface area contributed by atoms with Gasteiger partial charge in [0.05, 0.1) is 5.69 Å². The van der Waals surface area contributed by atoms with E-state index in [0.717, 1.165) is 19.2 Å². The van der Waals surface area contributed by atoms with E-state index in [9.17, 15) is 8.78 Å². The monoisotopic (exact) mass is 240 g/mol. The molecular weight excluding hydrogens is 222 g/mol. The minimum atomic E-state index is -0.387. The van der Waals surface area contributed by atoms with Crippen molar-refractivity contribution in [3.05, 3.63) is 29.8 Å². The number of rotatable bonds is 2. The Hall–Kier alpha value is -1.16. The number of nitrogens with one attached hydrogen (secondary N) is 1. The van der Waals surface area contributed by atoms with Gasteiger partial charge in [0, 0.05) is 31.7 Å². The Morgan fingerprint density at radius 3 is 2.82 bits per heavy atom. The summed E-state index contributed by atoms with van der Waals surface area (Å²) in [5.41, 5.74) is 0.380. The van der Waals surface area contributed by atoms with Gasteiger partial charge in [-0.3, -0.25) is 0 Å². The van der Waals surface area contributed by atoms with E-state index in [4.69, 9.17) is 0 Å². The average molecular weight is 240 g/mol. The summed E-state index contributed by atoms with van der Waals surface area (Å²) in [7, 11) is 0. The van der Waals surface area contributed by atoms with Gasteiger partial charge in [-0.25, -0.2) is 8.78 Å². The first kappa shape index (κ1) is 12.3. The van der Waals surface area contributed by atoms with E-state index < -0.39 is 0 Å². The van der Waals surface area contributed by atoms with Crippen molar-refractivity contribution in [2.45, 2.75) is 19.9 Å². The Morgan fingerprint density at radius 2 is 2.12 bits per heavy atom. The van der Waals surface area contributed by atoms with Crippen molar-refractivity contribution in [1.82, 2.24) is 5.32 Å². The lowest BCUT2D eigenvalue weighted by atomic mass is 9.99. The third-order valence-corrected chi connectivity index (χ3v) is 3.27. The fraction of sp³-hybridized carbons (Fsp3) is 0.538. The van der Waals surface area contributed by atoms with Gasteiger partial charge in [-0.15, -0.1) is 0 Å². The van der Waals surface area contributed by atoms with Crippen LogP contribution in [0.15, 0.2) is 18.2 Å². The maximum Gasteiger partial charge on any atom is 0.146 e. The molecule has 1 aliphatic heterocycles. The molecule has 1 aromatic rings. The Bertz CT molecular complexity index is 393. The van der Waals surface area contributed by atoms with Crippen LogP contribution in [0.4, 0.5) is 14.5 Å². The molecule has 0 aromatic heterocycles. The van der Waals surface area contributed by atoms with E-state index in [-0.39, 0.29) is 17.7 Å². The molecule has 1 heterocycles. The molecule has 1 aliphatic rings. The summed E-state index contributed by atoms with van der Waals surface area (Å²) in [6, 6.07) is 3.85. The van der Waals surface area contributed by atoms with Gasteiger partial charge in [0.2, 0.25) is 0 Å². The highest BCUT2D eigenvalue weighted by atomic mass is 19.1. The van der Waals surface area contributed by atoms with Crippen LogP contribution in [0.25, 0.3) is 0 Å². The zero-order valence-electron chi connectivity index (χ0n) is 10.2. The normalized spacial score (nSPS) is 21.0. The third-order valence-electron chi connectivity index (χ3n) is 3.27. The van der Waals surface area contributed by atoms with Crippen molar-refractivity contribution in [2.24, 2.45) is 5.92 Å². The largest absolute Gasteiger partial charge is 0.363 e. The number of hydrogen-bond donors (Lipinski definition) is 1. The number of nitrogens with zero attached hydrogens (tertiary/aromatic N) is 1. The predicted octanol–water partition coefficient (Wildman–Crippen LogP) is 2.40. The quantitative estimate of drug-likeness (QED) is 0.854. The highest BCUT2D eigenvalue weighted by Crippen LogP contribution is 2.26. The molecule has 0 saturated carbocycles. The second kappa shape index (κ2) is 5.00. The molecule has 0 radical (unpaired) electrons. The first-order chi connectivity index (χ1) is 8.09. The van der Waals surface area contributed by atoms with Gasteiger partial charge in [-0.05, 0) is 18.1 Å². The molecule has 1 saturated heterocycles. The summed E-state index contributed by atoms with van der Waals surface area (Å²) in [5, 5.41) is 3.29. The lowest BCUT2D eigenvalue weighted by Crippen LogP contribution is -2.54. The maximum atomic E-state index is 13.8.